The van der Waals surface area contributed by atoms with Crippen molar-refractivity contribution in [1.29, 1.82) is 0 Å². The van der Waals surface area contributed by atoms with Gasteiger partial charge in [0.05, 0.1) is 6.04 Å². The summed E-state index contributed by atoms with van der Waals surface area (Å²) in [6.07, 6.45) is 10.7. The van der Waals surface area contributed by atoms with Crippen molar-refractivity contribution in [2.45, 2.75) is 76.5 Å². The first-order valence-corrected chi connectivity index (χ1v) is 14.3. The van der Waals surface area contributed by atoms with Gasteiger partial charge in [-0.3, -0.25) is 9.69 Å². The molecular weight excluding hydrogens is 458 g/mol. The number of carbonyl (C=O) groups is 2. The Kier molecular flexibility index (Phi) is 6.48. The van der Waals surface area contributed by atoms with Crippen molar-refractivity contribution in [3.8, 4) is 0 Å². The molecule has 196 valence electrons. The molecule has 0 amide bonds. The fourth-order valence-electron chi connectivity index (χ4n) is 8.81. The first kappa shape index (κ1) is 24.8. The van der Waals surface area contributed by atoms with E-state index in [1.54, 1.807) is 0 Å². The van der Waals surface area contributed by atoms with E-state index >= 15 is 0 Å². The van der Waals surface area contributed by atoms with Crippen LogP contribution in [0.4, 0.5) is 5.69 Å². The molecule has 6 rings (SSSR count). The smallest absolute Gasteiger partial charge is 0.150 e. The average Bonchev–Trinajstić information content (AvgIpc) is 2.87. The monoisotopic (exact) mass is 499 g/mol. The zero-order valence-electron chi connectivity index (χ0n) is 22.3. The summed E-state index contributed by atoms with van der Waals surface area (Å²) >= 11 is 0. The van der Waals surface area contributed by atoms with Crippen LogP contribution in [0, 0.1) is 23.2 Å². The van der Waals surface area contributed by atoms with Gasteiger partial charge in [0, 0.05) is 29.9 Å². The normalized spacial score (nSPS) is 31.1. The fraction of sp³-hybridized carbons (Fsp3) is 0.562. The highest BCUT2D eigenvalue weighted by Crippen LogP contribution is 2.89. The van der Waals surface area contributed by atoms with E-state index in [1.165, 1.54) is 36.8 Å². The summed E-state index contributed by atoms with van der Waals surface area (Å²) in [7, 11) is 1.95. The van der Waals surface area contributed by atoms with E-state index in [0.29, 0.717) is 24.2 Å². The molecule has 0 saturated heterocycles. The molecule has 37 heavy (non-hydrogen) atoms. The van der Waals surface area contributed by atoms with Gasteiger partial charge in [0.15, 0.2) is 0 Å². The summed E-state index contributed by atoms with van der Waals surface area (Å²) in [5, 5.41) is 7.56. The Balaban J connectivity index is 1.03. The van der Waals surface area contributed by atoms with Crippen LogP contribution in [0.3, 0.4) is 0 Å². The Bertz CT molecular complexity index is 1130. The molecule has 0 aliphatic heterocycles. The third-order valence-electron chi connectivity index (χ3n) is 10.6. The van der Waals surface area contributed by atoms with Gasteiger partial charge in [-0.1, -0.05) is 49.7 Å². The van der Waals surface area contributed by atoms with Crippen LogP contribution in [0.5, 0.6) is 0 Å². The molecule has 4 fully saturated rings. The minimum atomic E-state index is -0.140. The van der Waals surface area contributed by atoms with E-state index in [1.807, 2.05) is 30.1 Å². The van der Waals surface area contributed by atoms with Crippen molar-refractivity contribution in [2.24, 2.45) is 23.2 Å². The van der Waals surface area contributed by atoms with Gasteiger partial charge in [-0.2, -0.15) is 0 Å². The number of nitrogens with zero attached hydrogens (tertiary/aromatic N) is 1. The van der Waals surface area contributed by atoms with Crippen LogP contribution in [0.15, 0.2) is 42.5 Å². The molecule has 0 aromatic heterocycles. The Hall–Kier alpha value is -2.50. The van der Waals surface area contributed by atoms with Gasteiger partial charge < -0.3 is 15.4 Å². The summed E-state index contributed by atoms with van der Waals surface area (Å²) in [4.78, 5) is 25.4. The van der Waals surface area contributed by atoms with Crippen LogP contribution in [-0.2, 0) is 24.3 Å². The number of hydrogen-bond donors (Lipinski definition) is 2. The number of hydrogen-bond acceptors (Lipinski definition) is 5. The second kappa shape index (κ2) is 9.67. The Morgan fingerprint density at radius 2 is 1.76 bits per heavy atom. The van der Waals surface area contributed by atoms with Gasteiger partial charge in [0.2, 0.25) is 0 Å². The zero-order valence-corrected chi connectivity index (χ0v) is 22.3. The molecular formula is C32H41N3O2. The molecule has 3 unspecified atom stereocenters. The van der Waals surface area contributed by atoms with Crippen LogP contribution in [0.1, 0.15) is 72.5 Å². The van der Waals surface area contributed by atoms with Crippen LogP contribution >= 0.6 is 0 Å². The minimum absolute atomic E-state index is 0.140. The van der Waals surface area contributed by atoms with Gasteiger partial charge in [0.25, 0.3) is 0 Å². The number of carbonyl (C=O) groups excluding carboxylic acids is 2. The topological polar surface area (TPSA) is 61.4 Å². The van der Waals surface area contributed by atoms with E-state index in [2.05, 4.69) is 41.8 Å². The average molecular weight is 500 g/mol. The van der Waals surface area contributed by atoms with E-state index in [0.717, 1.165) is 72.8 Å². The van der Waals surface area contributed by atoms with Gasteiger partial charge in [-0.05, 0) is 98.0 Å². The highest BCUT2D eigenvalue weighted by molar-refractivity contribution is 5.80. The Labute approximate surface area is 221 Å². The van der Waals surface area contributed by atoms with Crippen LogP contribution in [0.2, 0.25) is 0 Å². The maximum absolute atomic E-state index is 11.8. The number of benzene rings is 2. The molecule has 2 aromatic carbocycles. The van der Waals surface area contributed by atoms with Gasteiger partial charge >= 0.3 is 0 Å². The summed E-state index contributed by atoms with van der Waals surface area (Å²) < 4.78 is 0. The highest BCUT2D eigenvalue weighted by Gasteiger charge is 2.87. The fourth-order valence-corrected chi connectivity index (χ4v) is 8.81. The lowest BCUT2D eigenvalue weighted by atomic mass is 9.15. The highest BCUT2D eigenvalue weighted by atomic mass is 16.1. The van der Waals surface area contributed by atoms with Gasteiger partial charge in [-0.15, -0.1) is 0 Å². The molecule has 0 bridgehead atoms. The van der Waals surface area contributed by atoms with Crippen LogP contribution in [0.25, 0.3) is 0 Å². The predicted octanol–water partition coefficient (Wildman–Crippen LogP) is 5.23. The lowest BCUT2D eigenvalue weighted by Crippen LogP contribution is -2.92. The Morgan fingerprint density at radius 3 is 2.38 bits per heavy atom. The second-order valence-electron chi connectivity index (χ2n) is 12.2. The predicted molar refractivity (Wildman–Crippen MR) is 148 cm³/mol. The lowest BCUT2D eigenvalue weighted by Gasteiger charge is -2.91. The quantitative estimate of drug-likeness (QED) is 0.349. The van der Waals surface area contributed by atoms with Crippen molar-refractivity contribution in [3.63, 3.8) is 0 Å². The van der Waals surface area contributed by atoms with Crippen molar-refractivity contribution in [1.82, 2.24) is 10.2 Å². The van der Waals surface area contributed by atoms with Gasteiger partial charge in [0.1, 0.15) is 12.6 Å². The number of likely N-dealkylation sites (N-methyl/N-ethyl adjacent to an activating group) is 1. The summed E-state index contributed by atoms with van der Waals surface area (Å²) in [6, 6.07) is 14.6. The lowest BCUT2D eigenvalue weighted by molar-refractivity contribution is -0.397. The number of nitrogens with one attached hydrogen (secondary N) is 2. The van der Waals surface area contributed by atoms with Gasteiger partial charge in [-0.25, -0.2) is 0 Å². The molecule has 2 N–H and O–H groups in total. The van der Waals surface area contributed by atoms with Crippen LogP contribution in [-0.4, -0.2) is 42.6 Å². The molecule has 1 spiro atoms. The van der Waals surface area contributed by atoms with E-state index in [9.17, 15) is 9.59 Å². The van der Waals surface area contributed by atoms with Crippen molar-refractivity contribution in [2.75, 3.05) is 18.9 Å². The summed E-state index contributed by atoms with van der Waals surface area (Å²) in [6.45, 7) is 4.42. The minimum Gasteiger partial charge on any atom is -0.381 e. The number of rotatable bonds is 14. The molecule has 3 atom stereocenters. The maximum Gasteiger partial charge on any atom is 0.150 e. The molecule has 4 saturated carbocycles. The molecule has 2 aromatic rings. The molecule has 0 radical (unpaired) electrons. The largest absolute Gasteiger partial charge is 0.381 e. The Morgan fingerprint density at radius 1 is 1.03 bits per heavy atom. The van der Waals surface area contributed by atoms with Crippen molar-refractivity contribution < 1.29 is 9.59 Å². The second-order valence-corrected chi connectivity index (χ2v) is 12.2. The number of anilines is 1. The SMILES string of the molecule is CCCC(C=O)N(C)Cc1c(C=O)cccc1NCc1ccc(CCNC23CC4CC5CC(C2)C543)cc1. The summed E-state index contributed by atoms with van der Waals surface area (Å²) in [5.74, 6) is 3.17. The van der Waals surface area contributed by atoms with E-state index in [4.69, 9.17) is 0 Å². The standard InChI is InChI=1S/C32H41N3O2/c1-3-5-28(21-37)35(2)19-29-24(20-36)6-4-7-30(29)33-18-23-10-8-22(9-11-23)12-13-34-31-16-26-14-25-15-27(17-31)32(25,26)31/h4,6-11,20-21,25-28,33-34H,3,5,12-19H2,1-2H3. The third kappa shape index (κ3) is 3.80. The molecule has 4 aliphatic carbocycles. The zero-order chi connectivity index (χ0) is 25.6. The molecule has 4 aliphatic rings. The molecule has 5 heteroatoms. The van der Waals surface area contributed by atoms with Crippen LogP contribution < -0.4 is 10.6 Å². The maximum atomic E-state index is 11.8. The van der Waals surface area contributed by atoms with Crippen molar-refractivity contribution >= 4 is 18.3 Å². The first-order chi connectivity index (χ1) is 18.0. The molecule has 5 nitrogen and oxygen atoms in total. The van der Waals surface area contributed by atoms with Crippen molar-refractivity contribution in [3.05, 3.63) is 64.7 Å². The molecule has 0 heterocycles. The van der Waals surface area contributed by atoms with E-state index < -0.39 is 0 Å². The summed E-state index contributed by atoms with van der Waals surface area (Å²) in [5.41, 5.74) is 6.44. The first-order valence-electron chi connectivity index (χ1n) is 14.3. The third-order valence-corrected chi connectivity index (χ3v) is 10.6. The van der Waals surface area contributed by atoms with E-state index in [-0.39, 0.29) is 6.04 Å². The number of aldehydes is 2.